The second kappa shape index (κ2) is 3.54. The fourth-order valence-electron chi connectivity index (χ4n) is 1.73. The van der Waals surface area contributed by atoms with Crippen LogP contribution in [0.2, 0.25) is 0 Å². The maximum atomic E-state index is 4.16. The fourth-order valence-corrected chi connectivity index (χ4v) is 2.82. The zero-order chi connectivity index (χ0) is 10.1. The van der Waals surface area contributed by atoms with E-state index in [9.17, 15) is 0 Å². The van der Waals surface area contributed by atoms with Gasteiger partial charge in [-0.15, -0.1) is 11.3 Å². The molecule has 72 valence electrons. The van der Waals surface area contributed by atoms with Crippen molar-refractivity contribution < 1.29 is 0 Å². The minimum absolute atomic E-state index is 1.23. The molecule has 14 heavy (non-hydrogen) atoms. The van der Waals surface area contributed by atoms with Gasteiger partial charge in [-0.1, -0.05) is 6.07 Å². The Labute approximate surface area is 88.4 Å². The first-order chi connectivity index (χ1) is 6.70. The molecule has 0 saturated carbocycles. The van der Waals surface area contributed by atoms with Crippen molar-refractivity contribution in [2.24, 2.45) is 0 Å². The van der Waals surface area contributed by atoms with Crippen molar-refractivity contribution >= 4 is 11.3 Å². The highest BCUT2D eigenvalue weighted by atomic mass is 32.1. The van der Waals surface area contributed by atoms with Crippen molar-refractivity contribution in [1.82, 2.24) is 4.98 Å². The monoisotopic (exact) mass is 203 g/mol. The number of rotatable bonds is 1. The van der Waals surface area contributed by atoms with Gasteiger partial charge in [-0.3, -0.25) is 4.98 Å². The van der Waals surface area contributed by atoms with Gasteiger partial charge in [-0.05, 0) is 32.4 Å². The Kier molecular flexibility index (Phi) is 2.38. The van der Waals surface area contributed by atoms with Crippen LogP contribution in [0.3, 0.4) is 0 Å². The van der Waals surface area contributed by atoms with E-state index in [0.29, 0.717) is 0 Å². The molecule has 0 bridgehead atoms. The molecule has 0 aliphatic carbocycles. The second-order valence-electron chi connectivity index (χ2n) is 3.46. The van der Waals surface area contributed by atoms with E-state index in [1.165, 1.54) is 26.4 Å². The molecule has 0 aromatic carbocycles. The Morgan fingerprint density at radius 2 is 1.93 bits per heavy atom. The molecule has 0 spiro atoms. The summed E-state index contributed by atoms with van der Waals surface area (Å²) in [6.07, 6.45) is 3.74. The number of hydrogen-bond acceptors (Lipinski definition) is 2. The molecule has 2 aromatic heterocycles. The van der Waals surface area contributed by atoms with Gasteiger partial charge in [-0.25, -0.2) is 0 Å². The molecule has 0 amide bonds. The summed E-state index contributed by atoms with van der Waals surface area (Å²) in [6, 6.07) is 4.11. The van der Waals surface area contributed by atoms with Crippen LogP contribution in [0, 0.1) is 20.8 Å². The normalized spacial score (nSPS) is 10.5. The summed E-state index contributed by atoms with van der Waals surface area (Å²) in [5, 5.41) is 0. The summed E-state index contributed by atoms with van der Waals surface area (Å²) in [5.74, 6) is 0. The third-order valence-corrected chi connectivity index (χ3v) is 3.63. The van der Waals surface area contributed by atoms with Gasteiger partial charge in [0.15, 0.2) is 0 Å². The van der Waals surface area contributed by atoms with Crippen LogP contribution in [-0.2, 0) is 0 Å². The summed E-state index contributed by atoms with van der Waals surface area (Å²) in [4.78, 5) is 6.94. The zero-order valence-corrected chi connectivity index (χ0v) is 9.48. The standard InChI is InChI=1S/C12H13NS/c1-8-9(2)14-10(3)12(8)11-5-4-6-13-7-11/h4-7H,1-3H3. The summed E-state index contributed by atoms with van der Waals surface area (Å²) < 4.78 is 0. The van der Waals surface area contributed by atoms with Gasteiger partial charge in [0.05, 0.1) is 0 Å². The molecule has 0 atom stereocenters. The number of aryl methyl sites for hydroxylation is 2. The highest BCUT2D eigenvalue weighted by Crippen LogP contribution is 2.34. The lowest BCUT2D eigenvalue weighted by Crippen LogP contribution is -1.82. The van der Waals surface area contributed by atoms with Gasteiger partial charge >= 0.3 is 0 Å². The van der Waals surface area contributed by atoms with Crippen LogP contribution in [0.15, 0.2) is 24.5 Å². The number of pyridine rings is 1. The van der Waals surface area contributed by atoms with Crippen molar-refractivity contribution in [1.29, 1.82) is 0 Å². The lowest BCUT2D eigenvalue weighted by atomic mass is 10.0. The van der Waals surface area contributed by atoms with Gasteiger partial charge in [0.1, 0.15) is 0 Å². The first kappa shape index (κ1) is 9.41. The van der Waals surface area contributed by atoms with E-state index >= 15 is 0 Å². The summed E-state index contributed by atoms with van der Waals surface area (Å²) in [5.41, 5.74) is 3.98. The Balaban J connectivity index is 2.62. The molecular formula is C12H13NS. The third kappa shape index (κ3) is 1.46. The predicted molar refractivity (Wildman–Crippen MR) is 61.8 cm³/mol. The first-order valence-corrected chi connectivity index (χ1v) is 5.49. The van der Waals surface area contributed by atoms with Gasteiger partial charge < -0.3 is 0 Å². The maximum absolute atomic E-state index is 4.16. The van der Waals surface area contributed by atoms with Gasteiger partial charge in [0.25, 0.3) is 0 Å². The average molecular weight is 203 g/mol. The van der Waals surface area contributed by atoms with Crippen LogP contribution >= 0.6 is 11.3 Å². The van der Waals surface area contributed by atoms with Gasteiger partial charge in [0.2, 0.25) is 0 Å². The highest BCUT2D eigenvalue weighted by Gasteiger charge is 2.10. The van der Waals surface area contributed by atoms with Crippen LogP contribution in [0.5, 0.6) is 0 Å². The van der Waals surface area contributed by atoms with Crippen molar-refractivity contribution in [3.05, 3.63) is 39.8 Å². The number of thiophene rings is 1. The van der Waals surface area contributed by atoms with E-state index in [0.717, 1.165) is 0 Å². The lowest BCUT2D eigenvalue weighted by Gasteiger charge is -2.01. The van der Waals surface area contributed by atoms with Crippen molar-refractivity contribution in [2.75, 3.05) is 0 Å². The Hall–Kier alpha value is -1.15. The molecule has 0 saturated heterocycles. The average Bonchev–Trinajstić information content (AvgIpc) is 2.43. The fraction of sp³-hybridized carbons (Fsp3) is 0.250. The molecule has 0 aliphatic heterocycles. The minimum atomic E-state index is 1.23. The van der Waals surface area contributed by atoms with E-state index in [4.69, 9.17) is 0 Å². The largest absolute Gasteiger partial charge is 0.264 e. The van der Waals surface area contributed by atoms with Gasteiger partial charge in [0, 0.05) is 33.3 Å². The van der Waals surface area contributed by atoms with Crippen LogP contribution in [0.1, 0.15) is 15.3 Å². The maximum Gasteiger partial charge on any atom is 0.0346 e. The topological polar surface area (TPSA) is 12.9 Å². The molecule has 0 radical (unpaired) electrons. The van der Waals surface area contributed by atoms with Crippen LogP contribution in [0.4, 0.5) is 0 Å². The van der Waals surface area contributed by atoms with Gasteiger partial charge in [-0.2, -0.15) is 0 Å². The summed E-state index contributed by atoms with van der Waals surface area (Å²) in [7, 11) is 0. The van der Waals surface area contributed by atoms with E-state index in [-0.39, 0.29) is 0 Å². The predicted octanol–water partition coefficient (Wildman–Crippen LogP) is 3.74. The Morgan fingerprint density at radius 3 is 2.43 bits per heavy atom. The number of aromatic nitrogens is 1. The molecule has 0 N–H and O–H groups in total. The molecule has 2 heterocycles. The lowest BCUT2D eigenvalue weighted by molar-refractivity contribution is 1.32. The molecular weight excluding hydrogens is 190 g/mol. The molecule has 2 aromatic rings. The molecule has 0 unspecified atom stereocenters. The van der Waals surface area contributed by atoms with E-state index in [1.807, 2.05) is 29.8 Å². The van der Waals surface area contributed by atoms with E-state index in [2.05, 4.69) is 31.8 Å². The molecule has 2 rings (SSSR count). The Bertz CT molecular complexity index is 443. The van der Waals surface area contributed by atoms with Crippen molar-refractivity contribution in [3.8, 4) is 11.1 Å². The molecule has 2 heteroatoms. The number of hydrogen-bond donors (Lipinski definition) is 0. The quantitative estimate of drug-likeness (QED) is 0.688. The highest BCUT2D eigenvalue weighted by molar-refractivity contribution is 7.12. The molecule has 1 nitrogen and oxygen atoms in total. The van der Waals surface area contributed by atoms with E-state index in [1.54, 1.807) is 0 Å². The Morgan fingerprint density at radius 1 is 1.14 bits per heavy atom. The molecule has 0 fully saturated rings. The van der Waals surface area contributed by atoms with Crippen LogP contribution in [-0.4, -0.2) is 4.98 Å². The SMILES string of the molecule is Cc1sc(C)c(-c2cccnc2)c1C. The second-order valence-corrected chi connectivity index (χ2v) is 4.89. The van der Waals surface area contributed by atoms with Crippen LogP contribution < -0.4 is 0 Å². The van der Waals surface area contributed by atoms with Crippen molar-refractivity contribution in [2.45, 2.75) is 20.8 Å². The third-order valence-electron chi connectivity index (χ3n) is 2.51. The summed E-state index contributed by atoms with van der Waals surface area (Å²) >= 11 is 1.86. The van der Waals surface area contributed by atoms with E-state index < -0.39 is 0 Å². The van der Waals surface area contributed by atoms with Crippen LogP contribution in [0.25, 0.3) is 11.1 Å². The van der Waals surface area contributed by atoms with Crippen molar-refractivity contribution in [3.63, 3.8) is 0 Å². The minimum Gasteiger partial charge on any atom is -0.264 e. The molecule has 0 aliphatic rings. The number of nitrogens with zero attached hydrogens (tertiary/aromatic N) is 1. The smallest absolute Gasteiger partial charge is 0.0346 e. The zero-order valence-electron chi connectivity index (χ0n) is 8.66. The first-order valence-electron chi connectivity index (χ1n) is 4.67. The summed E-state index contributed by atoms with van der Waals surface area (Å²) in [6.45, 7) is 6.53.